The number of halogens is 4. The number of rotatable bonds is 3. The third-order valence-electron chi connectivity index (χ3n) is 1.67. The van der Waals surface area contributed by atoms with Crippen molar-refractivity contribution in [1.82, 2.24) is 4.98 Å². The Bertz CT molecular complexity index is 398. The van der Waals surface area contributed by atoms with E-state index in [0.29, 0.717) is 0 Å². The monoisotopic (exact) mass is 255 g/mol. The molecule has 0 aliphatic carbocycles. The highest BCUT2D eigenvalue weighted by Gasteiger charge is 2.20. The third-order valence-corrected chi connectivity index (χ3v) is 2.25. The molecule has 1 heterocycles. The van der Waals surface area contributed by atoms with E-state index in [1.54, 1.807) is 0 Å². The second kappa shape index (κ2) is 4.72. The van der Waals surface area contributed by atoms with Gasteiger partial charge < -0.3 is 5.11 Å². The molecule has 0 bridgehead atoms. The molecule has 0 atom stereocenters. The van der Waals surface area contributed by atoms with Crippen LogP contribution in [0.3, 0.4) is 0 Å². The summed E-state index contributed by atoms with van der Waals surface area (Å²) in [5.41, 5.74) is -0.954. The lowest BCUT2D eigenvalue weighted by Gasteiger charge is -2.07. The maximum absolute atomic E-state index is 12.4. The van der Waals surface area contributed by atoms with Gasteiger partial charge in [-0.15, -0.1) is 11.6 Å². The molecule has 7 heteroatoms. The van der Waals surface area contributed by atoms with Gasteiger partial charge in [0.05, 0.1) is 5.56 Å². The predicted octanol–water partition coefficient (Wildman–Crippen LogP) is 3.11. The van der Waals surface area contributed by atoms with Crippen LogP contribution in [0.2, 0.25) is 5.15 Å². The second-order valence-electron chi connectivity index (χ2n) is 2.61. The summed E-state index contributed by atoms with van der Waals surface area (Å²) >= 11 is 10.8. The summed E-state index contributed by atoms with van der Waals surface area (Å²) in [6.07, 6.45) is -2.83. The molecule has 0 spiro atoms. The Labute approximate surface area is 93.6 Å². The number of carbonyl (C=O) groups is 1. The van der Waals surface area contributed by atoms with E-state index >= 15 is 0 Å². The zero-order valence-electron chi connectivity index (χ0n) is 7.18. The van der Waals surface area contributed by atoms with Gasteiger partial charge in [0.25, 0.3) is 6.43 Å². The quantitative estimate of drug-likeness (QED) is 0.667. The fraction of sp³-hybridized carbons (Fsp3) is 0.250. The standard InChI is InChI=1S/C8H5Cl2F2NO2/c9-2-3-1-4(8(14)15)6(10)13-5(3)7(11)12/h1,7H,2H2,(H,14,15). The molecule has 0 saturated heterocycles. The average molecular weight is 256 g/mol. The van der Waals surface area contributed by atoms with Crippen LogP contribution in [-0.4, -0.2) is 16.1 Å². The first kappa shape index (κ1) is 12.1. The van der Waals surface area contributed by atoms with Gasteiger partial charge in [-0.1, -0.05) is 11.6 Å². The summed E-state index contributed by atoms with van der Waals surface area (Å²) in [4.78, 5) is 13.9. The van der Waals surface area contributed by atoms with Crippen LogP contribution in [0.1, 0.15) is 28.0 Å². The van der Waals surface area contributed by atoms with Crippen LogP contribution in [0.15, 0.2) is 6.07 Å². The largest absolute Gasteiger partial charge is 0.478 e. The first-order valence-electron chi connectivity index (χ1n) is 3.74. The molecule has 0 aliphatic heterocycles. The Morgan fingerprint density at radius 2 is 2.20 bits per heavy atom. The lowest BCUT2D eigenvalue weighted by atomic mass is 10.1. The average Bonchev–Trinajstić information content (AvgIpc) is 2.16. The topological polar surface area (TPSA) is 50.2 Å². The summed E-state index contributed by atoms with van der Waals surface area (Å²) < 4.78 is 24.8. The van der Waals surface area contributed by atoms with Crippen LogP contribution in [0.4, 0.5) is 8.78 Å². The molecular formula is C8H5Cl2F2NO2. The molecule has 0 fully saturated rings. The van der Waals surface area contributed by atoms with Gasteiger partial charge in [0, 0.05) is 5.88 Å². The highest BCUT2D eigenvalue weighted by atomic mass is 35.5. The minimum absolute atomic E-state index is 0.0338. The molecular weight excluding hydrogens is 251 g/mol. The Hall–Kier alpha value is -0.940. The van der Waals surface area contributed by atoms with E-state index in [0.717, 1.165) is 6.07 Å². The zero-order chi connectivity index (χ0) is 11.6. The number of hydrogen-bond donors (Lipinski definition) is 1. The molecule has 0 amide bonds. The van der Waals surface area contributed by atoms with Crippen LogP contribution in [0.25, 0.3) is 0 Å². The Balaban J connectivity index is 3.35. The maximum Gasteiger partial charge on any atom is 0.338 e. The molecule has 82 valence electrons. The minimum Gasteiger partial charge on any atom is -0.478 e. The lowest BCUT2D eigenvalue weighted by Crippen LogP contribution is -2.05. The fourth-order valence-electron chi connectivity index (χ4n) is 0.991. The van der Waals surface area contributed by atoms with E-state index in [2.05, 4.69) is 4.98 Å². The Morgan fingerprint density at radius 1 is 1.60 bits per heavy atom. The van der Waals surface area contributed by atoms with Crippen molar-refractivity contribution >= 4 is 29.2 Å². The minimum atomic E-state index is -2.83. The zero-order valence-corrected chi connectivity index (χ0v) is 8.69. The van der Waals surface area contributed by atoms with Gasteiger partial charge >= 0.3 is 5.97 Å². The summed E-state index contributed by atoms with van der Waals surface area (Å²) in [6, 6.07) is 1.01. The van der Waals surface area contributed by atoms with Crippen LogP contribution in [0.5, 0.6) is 0 Å². The van der Waals surface area contributed by atoms with Crippen molar-refractivity contribution in [3.8, 4) is 0 Å². The van der Waals surface area contributed by atoms with E-state index in [1.807, 2.05) is 0 Å². The molecule has 1 N–H and O–H groups in total. The van der Waals surface area contributed by atoms with E-state index < -0.39 is 23.2 Å². The molecule has 3 nitrogen and oxygen atoms in total. The van der Waals surface area contributed by atoms with Gasteiger partial charge in [-0.05, 0) is 11.6 Å². The van der Waals surface area contributed by atoms with Gasteiger partial charge in [-0.3, -0.25) is 0 Å². The van der Waals surface area contributed by atoms with Gasteiger partial charge in [-0.2, -0.15) is 0 Å². The van der Waals surface area contributed by atoms with E-state index in [-0.39, 0.29) is 17.0 Å². The molecule has 0 unspecified atom stereocenters. The molecule has 0 saturated carbocycles. The van der Waals surface area contributed by atoms with Crippen molar-refractivity contribution in [2.24, 2.45) is 0 Å². The van der Waals surface area contributed by atoms with Gasteiger partial charge in [-0.25, -0.2) is 18.6 Å². The molecule has 1 rings (SSSR count). The predicted molar refractivity (Wildman–Crippen MR) is 50.7 cm³/mol. The van der Waals surface area contributed by atoms with Crippen LogP contribution in [0, 0.1) is 0 Å². The maximum atomic E-state index is 12.4. The van der Waals surface area contributed by atoms with Crippen molar-refractivity contribution in [2.45, 2.75) is 12.3 Å². The molecule has 0 radical (unpaired) electrons. The molecule has 0 aromatic carbocycles. The number of carboxylic acid groups (broad SMARTS) is 1. The lowest BCUT2D eigenvalue weighted by molar-refractivity contribution is 0.0695. The summed E-state index contributed by atoms with van der Waals surface area (Å²) in [6.45, 7) is 0. The SMILES string of the molecule is O=C(O)c1cc(CCl)c(C(F)F)nc1Cl. The van der Waals surface area contributed by atoms with Gasteiger partial charge in [0.1, 0.15) is 10.8 Å². The first-order chi connectivity index (χ1) is 6.97. The van der Waals surface area contributed by atoms with E-state index in [1.165, 1.54) is 0 Å². The van der Waals surface area contributed by atoms with Crippen molar-refractivity contribution in [3.05, 3.63) is 28.0 Å². The number of carboxylic acids is 1. The summed E-state index contributed by atoms with van der Waals surface area (Å²) in [5, 5.41) is 8.19. The smallest absolute Gasteiger partial charge is 0.338 e. The summed E-state index contributed by atoms with van der Waals surface area (Å²) in [5.74, 6) is -1.58. The van der Waals surface area contributed by atoms with Crippen molar-refractivity contribution in [3.63, 3.8) is 0 Å². The van der Waals surface area contributed by atoms with Crippen molar-refractivity contribution in [2.75, 3.05) is 0 Å². The molecule has 0 aliphatic rings. The van der Waals surface area contributed by atoms with E-state index in [9.17, 15) is 13.6 Å². The Morgan fingerprint density at radius 3 is 2.60 bits per heavy atom. The van der Waals surface area contributed by atoms with Gasteiger partial charge in [0.15, 0.2) is 0 Å². The van der Waals surface area contributed by atoms with E-state index in [4.69, 9.17) is 28.3 Å². The third kappa shape index (κ3) is 2.54. The van der Waals surface area contributed by atoms with Gasteiger partial charge in [0.2, 0.25) is 0 Å². The second-order valence-corrected chi connectivity index (χ2v) is 3.24. The molecule has 15 heavy (non-hydrogen) atoms. The highest BCUT2D eigenvalue weighted by Crippen LogP contribution is 2.26. The molecule has 1 aromatic heterocycles. The number of hydrogen-bond acceptors (Lipinski definition) is 2. The highest BCUT2D eigenvalue weighted by molar-refractivity contribution is 6.32. The normalized spacial score (nSPS) is 10.7. The fourth-order valence-corrected chi connectivity index (χ4v) is 1.43. The number of aromatic nitrogens is 1. The number of aromatic carboxylic acids is 1. The van der Waals surface area contributed by atoms with Crippen LogP contribution < -0.4 is 0 Å². The van der Waals surface area contributed by atoms with Crippen LogP contribution in [-0.2, 0) is 5.88 Å². The molecule has 1 aromatic rings. The number of nitrogens with zero attached hydrogens (tertiary/aromatic N) is 1. The Kier molecular flexibility index (Phi) is 3.82. The van der Waals surface area contributed by atoms with Crippen LogP contribution >= 0.6 is 23.2 Å². The van der Waals surface area contributed by atoms with Crippen molar-refractivity contribution < 1.29 is 18.7 Å². The number of alkyl halides is 3. The number of pyridine rings is 1. The van der Waals surface area contributed by atoms with Crippen molar-refractivity contribution in [1.29, 1.82) is 0 Å². The summed E-state index contributed by atoms with van der Waals surface area (Å²) in [7, 11) is 0. The first-order valence-corrected chi connectivity index (χ1v) is 4.65.